The zero-order chi connectivity index (χ0) is 19.6. The van der Waals surface area contributed by atoms with E-state index >= 15 is 0 Å². The topological polar surface area (TPSA) is 54.9 Å². The molecule has 28 heavy (non-hydrogen) atoms. The van der Waals surface area contributed by atoms with Gasteiger partial charge in [-0.2, -0.15) is 0 Å². The lowest BCUT2D eigenvalue weighted by atomic mass is 10.1. The number of methoxy groups -OCH3 is 1. The van der Waals surface area contributed by atoms with Crippen LogP contribution in [0.2, 0.25) is 0 Å². The first-order valence-electron chi connectivity index (χ1n) is 9.84. The number of hydrogen-bond acceptors (Lipinski definition) is 5. The van der Waals surface area contributed by atoms with Crippen LogP contribution in [0.15, 0.2) is 48.8 Å². The summed E-state index contributed by atoms with van der Waals surface area (Å²) in [5.41, 5.74) is 2.10. The van der Waals surface area contributed by atoms with Crippen molar-refractivity contribution in [2.45, 2.75) is 19.4 Å². The molecule has 0 atom stereocenters. The fraction of sp³-hybridized carbons (Fsp3) is 0.455. The first-order valence-corrected chi connectivity index (χ1v) is 9.84. The summed E-state index contributed by atoms with van der Waals surface area (Å²) < 4.78 is 10.6. The Morgan fingerprint density at radius 3 is 2.50 bits per heavy atom. The van der Waals surface area contributed by atoms with Crippen molar-refractivity contribution in [3.63, 3.8) is 0 Å². The van der Waals surface area contributed by atoms with Gasteiger partial charge < -0.3 is 14.4 Å². The number of carbonyl (C=O) groups excluding carboxylic acids is 1. The molecule has 1 aliphatic rings. The number of ether oxygens (including phenoxy) is 2. The van der Waals surface area contributed by atoms with Crippen LogP contribution in [0.1, 0.15) is 17.5 Å². The van der Waals surface area contributed by atoms with Gasteiger partial charge in [0.25, 0.3) is 0 Å². The van der Waals surface area contributed by atoms with Crippen LogP contribution in [0.25, 0.3) is 0 Å². The molecule has 1 saturated heterocycles. The first kappa shape index (κ1) is 20.3. The van der Waals surface area contributed by atoms with Gasteiger partial charge >= 0.3 is 0 Å². The summed E-state index contributed by atoms with van der Waals surface area (Å²) in [6.07, 6.45) is 4.90. The van der Waals surface area contributed by atoms with Gasteiger partial charge in [0.15, 0.2) is 0 Å². The van der Waals surface area contributed by atoms with E-state index in [1.54, 1.807) is 19.5 Å². The second-order valence-electron chi connectivity index (χ2n) is 7.00. The molecule has 1 aromatic carbocycles. The molecule has 1 aliphatic heterocycles. The smallest absolute Gasteiger partial charge is 0.227 e. The molecule has 1 aromatic heterocycles. The molecule has 2 aromatic rings. The number of aromatic nitrogens is 1. The molecule has 6 heteroatoms. The van der Waals surface area contributed by atoms with Crippen molar-refractivity contribution < 1.29 is 14.3 Å². The van der Waals surface area contributed by atoms with Crippen molar-refractivity contribution in [3.05, 3.63) is 59.9 Å². The molecule has 1 fully saturated rings. The standard InChI is InChI=1S/C22H29N3O3/c1-27-21-5-3-19(4-6-21)17-22(26)25(18-20-7-9-23-10-8-20)12-2-11-24-13-15-28-16-14-24/h3-10H,2,11-18H2,1H3. The summed E-state index contributed by atoms with van der Waals surface area (Å²) in [6.45, 7) is 5.91. The minimum atomic E-state index is 0.143. The summed E-state index contributed by atoms with van der Waals surface area (Å²) in [6, 6.07) is 11.6. The summed E-state index contributed by atoms with van der Waals surface area (Å²) in [7, 11) is 1.64. The van der Waals surface area contributed by atoms with Crippen LogP contribution in [0.3, 0.4) is 0 Å². The number of pyridine rings is 1. The van der Waals surface area contributed by atoms with Crippen molar-refractivity contribution in [1.29, 1.82) is 0 Å². The minimum absolute atomic E-state index is 0.143. The molecule has 150 valence electrons. The molecule has 0 aliphatic carbocycles. The van der Waals surface area contributed by atoms with Crippen molar-refractivity contribution in [2.24, 2.45) is 0 Å². The lowest BCUT2D eigenvalue weighted by Crippen LogP contribution is -2.39. The number of benzene rings is 1. The Labute approximate surface area is 167 Å². The average molecular weight is 383 g/mol. The maximum atomic E-state index is 13.0. The van der Waals surface area contributed by atoms with Gasteiger partial charge in [0.1, 0.15) is 5.75 Å². The lowest BCUT2D eigenvalue weighted by molar-refractivity contribution is -0.131. The van der Waals surface area contributed by atoms with Gasteiger partial charge in [-0.05, 0) is 41.8 Å². The fourth-order valence-corrected chi connectivity index (χ4v) is 3.34. The quantitative estimate of drug-likeness (QED) is 0.666. The van der Waals surface area contributed by atoms with Crippen LogP contribution in [-0.2, 0) is 22.5 Å². The van der Waals surface area contributed by atoms with E-state index in [0.29, 0.717) is 13.0 Å². The Morgan fingerprint density at radius 1 is 1.11 bits per heavy atom. The van der Waals surface area contributed by atoms with Crippen molar-refractivity contribution in [1.82, 2.24) is 14.8 Å². The molecular formula is C22H29N3O3. The van der Waals surface area contributed by atoms with E-state index < -0.39 is 0 Å². The van der Waals surface area contributed by atoms with Gasteiger partial charge in [0, 0.05) is 45.1 Å². The Bertz CT molecular complexity index is 716. The number of carbonyl (C=O) groups is 1. The fourth-order valence-electron chi connectivity index (χ4n) is 3.34. The predicted octanol–water partition coefficient (Wildman–Crippen LogP) is 2.38. The Hall–Kier alpha value is -2.44. The molecule has 0 spiro atoms. The SMILES string of the molecule is COc1ccc(CC(=O)N(CCCN2CCOCC2)Cc2ccncc2)cc1. The van der Waals surface area contributed by atoms with Crippen LogP contribution in [0.5, 0.6) is 5.75 Å². The van der Waals surface area contributed by atoms with E-state index in [2.05, 4.69) is 9.88 Å². The maximum Gasteiger partial charge on any atom is 0.227 e. The number of amides is 1. The number of nitrogens with zero attached hydrogens (tertiary/aromatic N) is 3. The average Bonchev–Trinajstić information content (AvgIpc) is 2.75. The van der Waals surface area contributed by atoms with Crippen molar-refractivity contribution >= 4 is 5.91 Å². The van der Waals surface area contributed by atoms with E-state index in [1.165, 1.54) is 0 Å². The zero-order valence-electron chi connectivity index (χ0n) is 16.5. The molecule has 1 amide bonds. The third-order valence-corrected chi connectivity index (χ3v) is 5.00. The summed E-state index contributed by atoms with van der Waals surface area (Å²) in [4.78, 5) is 21.4. The second kappa shape index (κ2) is 10.8. The van der Waals surface area contributed by atoms with Crippen molar-refractivity contribution in [2.75, 3.05) is 46.5 Å². The molecule has 0 bridgehead atoms. The Morgan fingerprint density at radius 2 is 1.82 bits per heavy atom. The van der Waals surface area contributed by atoms with Crippen LogP contribution in [0.4, 0.5) is 0 Å². The normalized spacial score (nSPS) is 14.6. The molecule has 3 rings (SSSR count). The molecule has 6 nitrogen and oxygen atoms in total. The van der Waals surface area contributed by atoms with E-state index in [4.69, 9.17) is 9.47 Å². The highest BCUT2D eigenvalue weighted by Crippen LogP contribution is 2.14. The lowest BCUT2D eigenvalue weighted by Gasteiger charge is -2.28. The van der Waals surface area contributed by atoms with E-state index in [0.717, 1.165) is 62.7 Å². The van der Waals surface area contributed by atoms with Gasteiger partial charge in [-0.1, -0.05) is 12.1 Å². The third-order valence-electron chi connectivity index (χ3n) is 5.00. The largest absolute Gasteiger partial charge is 0.497 e. The van der Waals surface area contributed by atoms with Gasteiger partial charge in [-0.25, -0.2) is 0 Å². The van der Waals surface area contributed by atoms with Gasteiger partial charge in [-0.15, -0.1) is 0 Å². The highest BCUT2D eigenvalue weighted by molar-refractivity contribution is 5.78. The third kappa shape index (κ3) is 6.32. The molecule has 0 N–H and O–H groups in total. The molecule has 0 saturated carbocycles. The molecular weight excluding hydrogens is 354 g/mol. The predicted molar refractivity (Wildman–Crippen MR) is 108 cm³/mol. The number of rotatable bonds is 9. The summed E-state index contributed by atoms with van der Waals surface area (Å²) >= 11 is 0. The molecule has 2 heterocycles. The van der Waals surface area contributed by atoms with Crippen LogP contribution in [-0.4, -0.2) is 67.2 Å². The van der Waals surface area contributed by atoms with Crippen LogP contribution < -0.4 is 4.74 Å². The maximum absolute atomic E-state index is 13.0. The number of morpholine rings is 1. The summed E-state index contributed by atoms with van der Waals surface area (Å²) in [5.74, 6) is 0.944. The highest BCUT2D eigenvalue weighted by atomic mass is 16.5. The number of hydrogen-bond donors (Lipinski definition) is 0. The Kier molecular flexibility index (Phi) is 7.82. The van der Waals surface area contributed by atoms with E-state index in [-0.39, 0.29) is 5.91 Å². The van der Waals surface area contributed by atoms with E-state index in [9.17, 15) is 4.79 Å². The van der Waals surface area contributed by atoms with Crippen LogP contribution in [0, 0.1) is 0 Å². The van der Waals surface area contributed by atoms with Gasteiger partial charge in [-0.3, -0.25) is 14.7 Å². The monoisotopic (exact) mass is 383 g/mol. The molecule has 0 radical (unpaired) electrons. The van der Waals surface area contributed by atoms with Crippen LogP contribution >= 0.6 is 0 Å². The zero-order valence-corrected chi connectivity index (χ0v) is 16.5. The summed E-state index contributed by atoms with van der Waals surface area (Å²) in [5, 5.41) is 0. The first-order chi connectivity index (χ1) is 13.7. The van der Waals surface area contributed by atoms with Gasteiger partial charge in [0.2, 0.25) is 5.91 Å². The second-order valence-corrected chi connectivity index (χ2v) is 7.00. The molecule has 0 unspecified atom stereocenters. The van der Waals surface area contributed by atoms with Gasteiger partial charge in [0.05, 0.1) is 26.7 Å². The highest BCUT2D eigenvalue weighted by Gasteiger charge is 2.16. The minimum Gasteiger partial charge on any atom is -0.497 e. The van der Waals surface area contributed by atoms with Crippen molar-refractivity contribution in [3.8, 4) is 5.75 Å². The Balaban J connectivity index is 1.59. The van der Waals surface area contributed by atoms with E-state index in [1.807, 2.05) is 41.3 Å².